The van der Waals surface area contributed by atoms with Gasteiger partial charge in [0, 0.05) is 21.7 Å². The van der Waals surface area contributed by atoms with E-state index < -0.39 is 52.1 Å². The molecule has 0 heterocycles. The molecule has 0 saturated carbocycles. The second kappa shape index (κ2) is 25.2. The number of hydrogen-bond donors (Lipinski definition) is 7. The van der Waals surface area contributed by atoms with Gasteiger partial charge in [-0.05, 0) is 71.0 Å². The maximum Gasteiger partial charge on any atom is 0.336 e. The van der Waals surface area contributed by atoms with Gasteiger partial charge in [0.25, 0.3) is 5.69 Å². The van der Waals surface area contributed by atoms with Crippen LogP contribution in [0.1, 0.15) is 195 Å². The summed E-state index contributed by atoms with van der Waals surface area (Å²) in [5, 5.41) is 58.2. The van der Waals surface area contributed by atoms with Crippen molar-refractivity contribution in [3.05, 3.63) is 73.8 Å². The number of fused-ring (bicyclic) bond motifs is 2. The molecule has 0 saturated heterocycles. The van der Waals surface area contributed by atoms with E-state index in [1.54, 1.807) is 11.4 Å². The molecule has 0 aliphatic heterocycles. The number of primary amides is 2. The third-order valence-electron chi connectivity index (χ3n) is 12.4. The van der Waals surface area contributed by atoms with Crippen LogP contribution in [-0.2, 0) is 12.8 Å². The molecule has 0 aliphatic rings. The average molecular weight is 913 g/mol. The van der Waals surface area contributed by atoms with Crippen molar-refractivity contribution in [2.75, 3.05) is 0 Å². The van der Waals surface area contributed by atoms with E-state index in [0.717, 1.165) is 51.4 Å². The zero-order valence-electron chi connectivity index (χ0n) is 38.1. The monoisotopic (exact) mass is 912 g/mol. The van der Waals surface area contributed by atoms with Crippen molar-refractivity contribution in [1.29, 1.82) is 0 Å². The molecule has 16 heteroatoms. The Balaban J connectivity index is 0.00000126. The number of aryl methyl sites for hydroxylation is 1. The van der Waals surface area contributed by atoms with Gasteiger partial charge >= 0.3 is 35.9 Å². The molecule has 0 fully saturated rings. The minimum atomic E-state index is -1.47. The number of nitrogens with two attached hydrogens (primary N) is 2. The molecule has 0 spiro atoms. The molecule has 0 aliphatic carbocycles. The zero-order chi connectivity index (χ0) is 48.5. The number of carbonyl (C=O) groups excluding carboxylic acids is 2. The number of unbranched alkanes of at least 4 members (excludes halogenated alkanes) is 18. The molecule has 0 bridgehead atoms. The summed E-state index contributed by atoms with van der Waals surface area (Å²) in [4.78, 5) is 84.0. The van der Waals surface area contributed by atoms with Crippen molar-refractivity contribution in [2.45, 2.75) is 155 Å². The molecule has 356 valence electrons. The summed E-state index contributed by atoms with van der Waals surface area (Å²) in [7, 11) is 0. The lowest BCUT2D eigenvalue weighted by Crippen LogP contribution is -2.38. The molecule has 5 aromatic carbocycles. The fourth-order valence-corrected chi connectivity index (χ4v) is 9.38. The van der Waals surface area contributed by atoms with E-state index in [1.165, 1.54) is 82.1 Å². The number of hydrogen-bond acceptors (Lipinski definition) is 8. The van der Waals surface area contributed by atoms with Crippen LogP contribution in [0.15, 0.2) is 30.3 Å². The quantitative estimate of drug-likeness (QED) is 0.00851. The standard InChI is InChI=1S/C48H59NO10.C2H5N3O2/c1-3-5-7-9-11-13-15-17-19-21-23-30-29-36-31-25-27-34(45(50)51)39-35(46(52)53)28-26-32(38(31)39)41-40(36)43(37(30)47(54)55)42(48(56)57)33(44(41)49(58)59)24-22-20-18-16-14-12-10-8-6-4-2;3-1(6)5-2(4)7/h25-29H,3-24H2,1-2H3,(H,50,51)(H,52,53)(H,54,55)(H,56,57);(H5,3,4,5,6,7). The van der Waals surface area contributed by atoms with E-state index in [9.17, 15) is 59.3 Å². The number of rotatable bonds is 27. The van der Waals surface area contributed by atoms with Gasteiger partial charge in [-0.1, -0.05) is 142 Å². The lowest BCUT2D eigenvalue weighted by atomic mass is 9.79. The Morgan fingerprint density at radius 1 is 0.500 bits per heavy atom. The first-order valence-corrected chi connectivity index (χ1v) is 23.3. The van der Waals surface area contributed by atoms with Crippen molar-refractivity contribution < 1.29 is 54.1 Å². The number of benzene rings is 5. The summed E-state index contributed by atoms with van der Waals surface area (Å²) >= 11 is 0. The second-order valence-electron chi connectivity index (χ2n) is 17.1. The smallest absolute Gasteiger partial charge is 0.336 e. The SMILES string of the molecule is CCCCCCCCCCCCc1cc2c3ccc(C(=O)O)c4c(C(=O)O)ccc(c5c([N+](=O)[O-])c(CCCCCCCCCCCC)c(C(=O)O)c(c1C(=O)O)c25)c43.NC(=O)NC(N)=O. The summed E-state index contributed by atoms with van der Waals surface area (Å²) in [6.07, 6.45) is 20.9. The molecule has 0 unspecified atom stereocenters. The number of imide groups is 1. The topological polar surface area (TPSA) is 291 Å². The zero-order valence-corrected chi connectivity index (χ0v) is 38.1. The molecule has 0 atom stereocenters. The van der Waals surface area contributed by atoms with Gasteiger partial charge in [0.15, 0.2) is 0 Å². The number of nitrogens with one attached hydrogen (secondary N) is 1. The molecule has 0 aromatic heterocycles. The summed E-state index contributed by atoms with van der Waals surface area (Å²) in [6.45, 7) is 4.36. The summed E-state index contributed by atoms with van der Waals surface area (Å²) in [5.74, 6) is -5.58. The molecule has 0 radical (unpaired) electrons. The van der Waals surface area contributed by atoms with E-state index in [2.05, 4.69) is 25.3 Å². The number of carboxylic acid groups (broad SMARTS) is 4. The number of nitro benzene ring substituents is 1. The first-order valence-electron chi connectivity index (χ1n) is 23.3. The van der Waals surface area contributed by atoms with Crippen LogP contribution in [0, 0.1) is 10.1 Å². The van der Waals surface area contributed by atoms with E-state index in [1.807, 2.05) is 0 Å². The van der Waals surface area contributed by atoms with Gasteiger partial charge in [-0.25, -0.2) is 28.8 Å². The van der Waals surface area contributed by atoms with Gasteiger partial charge in [0.05, 0.1) is 32.6 Å². The minimum absolute atomic E-state index is 0.00677. The van der Waals surface area contributed by atoms with Crippen molar-refractivity contribution in [3.63, 3.8) is 0 Å². The van der Waals surface area contributed by atoms with Gasteiger partial charge in [-0.3, -0.25) is 15.4 Å². The van der Waals surface area contributed by atoms with Gasteiger partial charge < -0.3 is 31.9 Å². The average Bonchev–Trinajstić information content (AvgIpc) is 3.25. The molecule has 9 N–H and O–H groups in total. The van der Waals surface area contributed by atoms with Gasteiger partial charge in [-0.2, -0.15) is 0 Å². The fourth-order valence-electron chi connectivity index (χ4n) is 9.38. The second-order valence-corrected chi connectivity index (χ2v) is 17.1. The summed E-state index contributed by atoms with van der Waals surface area (Å²) in [6, 6.07) is 5.17. The lowest BCUT2D eigenvalue weighted by molar-refractivity contribution is -0.383. The highest BCUT2D eigenvalue weighted by molar-refractivity contribution is 6.40. The van der Waals surface area contributed by atoms with Gasteiger partial charge in [-0.15, -0.1) is 0 Å². The van der Waals surface area contributed by atoms with Crippen LogP contribution in [0.4, 0.5) is 15.3 Å². The Morgan fingerprint density at radius 3 is 1.32 bits per heavy atom. The van der Waals surface area contributed by atoms with Gasteiger partial charge in [0.2, 0.25) is 0 Å². The Morgan fingerprint density at radius 2 is 0.924 bits per heavy atom. The first-order chi connectivity index (χ1) is 31.6. The van der Waals surface area contributed by atoms with Crippen molar-refractivity contribution in [2.24, 2.45) is 11.5 Å². The van der Waals surface area contributed by atoms with Crippen LogP contribution < -0.4 is 16.8 Å². The highest BCUT2D eigenvalue weighted by atomic mass is 16.6. The van der Waals surface area contributed by atoms with E-state index >= 15 is 0 Å². The maximum absolute atomic E-state index is 13.5. The summed E-state index contributed by atoms with van der Waals surface area (Å²) in [5.41, 5.74) is 7.48. The van der Waals surface area contributed by atoms with Crippen molar-refractivity contribution in [1.82, 2.24) is 5.32 Å². The molecular formula is C50H64N4O12. The van der Waals surface area contributed by atoms with Crippen LogP contribution in [0.3, 0.4) is 0 Å². The fraction of sp³-hybridized carbons (Fsp3) is 0.480. The third-order valence-corrected chi connectivity index (χ3v) is 12.4. The number of urea groups is 2. The highest BCUT2D eigenvalue weighted by Gasteiger charge is 2.35. The number of carbonyl (C=O) groups is 6. The van der Waals surface area contributed by atoms with Crippen LogP contribution in [0.25, 0.3) is 43.1 Å². The Hall–Kier alpha value is -6.58. The Bertz CT molecular complexity index is 2540. The first kappa shape index (κ1) is 52.0. The van der Waals surface area contributed by atoms with E-state index in [4.69, 9.17) is 0 Å². The maximum atomic E-state index is 13.5. The largest absolute Gasteiger partial charge is 0.478 e. The van der Waals surface area contributed by atoms with Crippen molar-refractivity contribution in [3.8, 4) is 0 Å². The Kier molecular flexibility index (Phi) is 19.9. The number of aromatic carboxylic acids is 4. The van der Waals surface area contributed by atoms with Gasteiger partial charge in [0.1, 0.15) is 0 Å². The number of nitrogens with zero attached hydrogens (tertiary/aromatic N) is 1. The van der Waals surface area contributed by atoms with Crippen LogP contribution >= 0.6 is 0 Å². The molecule has 66 heavy (non-hydrogen) atoms. The molecule has 5 aromatic rings. The molecular weight excluding hydrogens is 849 g/mol. The number of nitro groups is 1. The van der Waals surface area contributed by atoms with Crippen LogP contribution in [0.2, 0.25) is 0 Å². The minimum Gasteiger partial charge on any atom is -0.478 e. The molecule has 4 amide bonds. The third kappa shape index (κ3) is 12.8. The number of carboxylic acids is 4. The van der Waals surface area contributed by atoms with Crippen molar-refractivity contribution >= 4 is 84.7 Å². The number of amides is 4. The predicted octanol–water partition coefficient (Wildman–Crippen LogP) is 12.1. The Labute approximate surface area is 383 Å². The summed E-state index contributed by atoms with van der Waals surface area (Å²) < 4.78 is 0. The van der Waals surface area contributed by atoms with E-state index in [-0.39, 0.29) is 61.0 Å². The normalized spacial score (nSPS) is 11.2. The molecule has 5 rings (SSSR count). The predicted molar refractivity (Wildman–Crippen MR) is 256 cm³/mol. The highest BCUT2D eigenvalue weighted by Crippen LogP contribution is 2.50. The van der Waals surface area contributed by atoms with Crippen LogP contribution in [0.5, 0.6) is 0 Å². The molecule has 16 nitrogen and oxygen atoms in total. The lowest BCUT2D eigenvalue weighted by Gasteiger charge is -2.22. The van der Waals surface area contributed by atoms with E-state index in [0.29, 0.717) is 42.0 Å². The van der Waals surface area contributed by atoms with Crippen LogP contribution in [-0.4, -0.2) is 61.3 Å².